The van der Waals surface area contributed by atoms with E-state index in [-0.39, 0.29) is 17.4 Å². The highest BCUT2D eigenvalue weighted by Crippen LogP contribution is 2.19. The maximum atomic E-state index is 11.8. The second-order valence-electron chi connectivity index (χ2n) is 6.42. The van der Waals surface area contributed by atoms with Gasteiger partial charge in [-0.15, -0.1) is 0 Å². The normalized spacial score (nSPS) is 16.2. The number of unbranched alkanes of at least 4 members (excludes halogenated alkanes) is 2. The largest absolute Gasteiger partial charge is 0.383 e. The molecule has 1 aliphatic heterocycles. The Balaban J connectivity index is 1.63. The van der Waals surface area contributed by atoms with Gasteiger partial charge in [0.15, 0.2) is 0 Å². The minimum Gasteiger partial charge on any atom is -0.383 e. The van der Waals surface area contributed by atoms with Gasteiger partial charge in [0.25, 0.3) is 0 Å². The number of hydrogen-bond donors (Lipinski definition) is 3. The summed E-state index contributed by atoms with van der Waals surface area (Å²) >= 11 is 0. The molecule has 1 saturated heterocycles. The van der Waals surface area contributed by atoms with Gasteiger partial charge in [-0.2, -0.15) is 4.98 Å². The van der Waals surface area contributed by atoms with Gasteiger partial charge in [0.1, 0.15) is 5.82 Å². The molecule has 2 rings (SSSR count). The maximum Gasteiger partial charge on any atom is 0.349 e. The lowest BCUT2D eigenvalue weighted by molar-refractivity contribution is -0.129. The first-order chi connectivity index (χ1) is 11.6. The molecule has 2 heterocycles. The molecule has 0 atom stereocenters. The average molecular weight is 337 g/mol. The molecule has 1 aliphatic rings. The second-order valence-corrected chi connectivity index (χ2v) is 6.42. The number of nitrogens with zero attached hydrogens (tertiary/aromatic N) is 3. The predicted octanol–water partition coefficient (Wildman–Crippen LogP) is 0.603. The van der Waals surface area contributed by atoms with Gasteiger partial charge in [0, 0.05) is 19.2 Å². The second kappa shape index (κ2) is 9.39. The number of anilines is 1. The fraction of sp³-hybridized carbons (Fsp3) is 0.688. The molecule has 4 N–H and O–H groups in total. The summed E-state index contributed by atoms with van der Waals surface area (Å²) in [5.74, 6) is 0.448. The zero-order valence-corrected chi connectivity index (χ0v) is 14.0. The number of likely N-dealkylation sites (tertiary alicyclic amines) is 1. The van der Waals surface area contributed by atoms with Crippen LogP contribution in [0.1, 0.15) is 38.5 Å². The smallest absolute Gasteiger partial charge is 0.349 e. The third kappa shape index (κ3) is 5.93. The molecule has 8 nitrogen and oxygen atoms in total. The van der Waals surface area contributed by atoms with Crippen LogP contribution in [0.4, 0.5) is 5.82 Å². The number of nitrogens with two attached hydrogens (primary N) is 1. The molecular weight excluding hydrogens is 310 g/mol. The fourth-order valence-electron chi connectivity index (χ4n) is 3.11. The molecule has 0 radical (unpaired) electrons. The van der Waals surface area contributed by atoms with E-state index >= 15 is 0 Å². The van der Waals surface area contributed by atoms with E-state index in [0.717, 1.165) is 51.7 Å². The Morgan fingerprint density at radius 3 is 2.75 bits per heavy atom. The maximum absolute atomic E-state index is 11.8. The number of nitrogen functional groups attached to an aromatic ring is 1. The van der Waals surface area contributed by atoms with Crippen molar-refractivity contribution in [1.29, 1.82) is 0 Å². The van der Waals surface area contributed by atoms with Gasteiger partial charge in [-0.1, -0.05) is 6.42 Å². The van der Waals surface area contributed by atoms with Crippen LogP contribution in [0, 0.1) is 5.92 Å². The minimum atomic E-state index is -0.316. The summed E-state index contributed by atoms with van der Waals surface area (Å²) in [7, 11) is 0. The van der Waals surface area contributed by atoms with E-state index in [9.17, 15) is 9.59 Å². The van der Waals surface area contributed by atoms with Crippen LogP contribution in [0.15, 0.2) is 17.1 Å². The van der Waals surface area contributed by atoms with Crippen molar-refractivity contribution in [3.8, 4) is 0 Å². The van der Waals surface area contributed by atoms with Crippen LogP contribution in [-0.2, 0) is 11.3 Å². The van der Waals surface area contributed by atoms with Crippen LogP contribution in [-0.4, -0.2) is 45.2 Å². The van der Waals surface area contributed by atoms with E-state index in [1.807, 2.05) is 0 Å². The number of hydrogen-bond acceptors (Lipinski definition) is 6. The average Bonchev–Trinajstić information content (AvgIpc) is 2.58. The number of hydroxylamine groups is 1. The van der Waals surface area contributed by atoms with Crippen molar-refractivity contribution >= 4 is 11.7 Å². The standard InChI is InChI=1S/C16H27N5O3/c17-14-7-11-21(16(23)18-14)12-13-5-9-20(10-6-13)8-3-1-2-4-15(22)19-24/h7,11,13,24H,1-6,8-10,12H2,(H,19,22)(H2,17,18,23). The Kier molecular flexibility index (Phi) is 7.20. The third-order valence-electron chi connectivity index (χ3n) is 4.56. The summed E-state index contributed by atoms with van der Waals surface area (Å²) in [5, 5.41) is 8.42. The van der Waals surface area contributed by atoms with Crippen molar-refractivity contribution in [2.75, 3.05) is 25.4 Å². The number of piperidine rings is 1. The van der Waals surface area contributed by atoms with Crippen LogP contribution in [0.2, 0.25) is 0 Å². The predicted molar refractivity (Wildman–Crippen MR) is 90.5 cm³/mol. The molecule has 0 aliphatic carbocycles. The molecule has 0 saturated carbocycles. The minimum absolute atomic E-state index is 0.266. The third-order valence-corrected chi connectivity index (χ3v) is 4.56. The molecule has 1 aromatic heterocycles. The highest BCUT2D eigenvalue weighted by molar-refractivity contribution is 5.74. The molecule has 0 unspecified atom stereocenters. The molecule has 1 amide bonds. The summed E-state index contributed by atoms with van der Waals surface area (Å²) in [5.41, 5.74) is 6.88. The van der Waals surface area contributed by atoms with Crippen molar-refractivity contribution in [2.45, 2.75) is 45.1 Å². The van der Waals surface area contributed by atoms with Crippen molar-refractivity contribution in [3.05, 3.63) is 22.7 Å². The number of carbonyl (C=O) groups excluding carboxylic acids is 1. The van der Waals surface area contributed by atoms with Crippen molar-refractivity contribution in [3.63, 3.8) is 0 Å². The number of rotatable bonds is 8. The summed E-state index contributed by atoms with van der Waals surface area (Å²) in [6.07, 6.45) is 7.09. The Morgan fingerprint density at radius 2 is 2.08 bits per heavy atom. The first-order valence-electron chi connectivity index (χ1n) is 8.56. The lowest BCUT2D eigenvalue weighted by Gasteiger charge is -2.32. The number of aromatic nitrogens is 2. The molecule has 0 aromatic carbocycles. The van der Waals surface area contributed by atoms with Crippen LogP contribution in [0.3, 0.4) is 0 Å². The van der Waals surface area contributed by atoms with E-state index < -0.39 is 0 Å². The van der Waals surface area contributed by atoms with E-state index in [4.69, 9.17) is 10.9 Å². The number of carbonyl (C=O) groups is 1. The van der Waals surface area contributed by atoms with Gasteiger partial charge in [-0.05, 0) is 57.3 Å². The summed E-state index contributed by atoms with van der Waals surface area (Å²) in [6.45, 7) is 3.82. The summed E-state index contributed by atoms with van der Waals surface area (Å²) < 4.78 is 1.64. The quantitative estimate of drug-likeness (QED) is 0.364. The highest BCUT2D eigenvalue weighted by Gasteiger charge is 2.19. The highest BCUT2D eigenvalue weighted by atomic mass is 16.5. The molecule has 1 aromatic rings. The zero-order chi connectivity index (χ0) is 17.4. The van der Waals surface area contributed by atoms with Crippen LogP contribution in [0.5, 0.6) is 0 Å². The van der Waals surface area contributed by atoms with E-state index in [2.05, 4.69) is 9.88 Å². The monoisotopic (exact) mass is 337 g/mol. The van der Waals surface area contributed by atoms with Crippen molar-refractivity contribution in [1.82, 2.24) is 19.9 Å². The first kappa shape index (κ1) is 18.4. The van der Waals surface area contributed by atoms with Gasteiger partial charge in [0.05, 0.1) is 0 Å². The van der Waals surface area contributed by atoms with Crippen LogP contribution >= 0.6 is 0 Å². The Hall–Kier alpha value is -1.93. The van der Waals surface area contributed by atoms with Gasteiger partial charge in [-0.25, -0.2) is 10.3 Å². The molecule has 1 fully saturated rings. The summed E-state index contributed by atoms with van der Waals surface area (Å²) in [6, 6.07) is 1.66. The topological polar surface area (TPSA) is 113 Å². The molecule has 0 spiro atoms. The molecule has 24 heavy (non-hydrogen) atoms. The molecule has 0 bridgehead atoms. The van der Waals surface area contributed by atoms with Gasteiger partial charge >= 0.3 is 5.69 Å². The van der Waals surface area contributed by atoms with Gasteiger partial charge < -0.3 is 10.6 Å². The molecule has 134 valence electrons. The fourth-order valence-corrected chi connectivity index (χ4v) is 3.11. The van der Waals surface area contributed by atoms with Crippen LogP contribution < -0.4 is 16.9 Å². The van der Waals surface area contributed by atoms with E-state index in [0.29, 0.717) is 18.9 Å². The zero-order valence-electron chi connectivity index (χ0n) is 14.0. The van der Waals surface area contributed by atoms with Gasteiger partial charge in [-0.3, -0.25) is 14.6 Å². The lowest BCUT2D eigenvalue weighted by Crippen LogP contribution is -2.37. The SMILES string of the molecule is Nc1ccn(CC2CCN(CCCCCC(=O)NO)CC2)c(=O)n1. The lowest BCUT2D eigenvalue weighted by atomic mass is 9.96. The van der Waals surface area contributed by atoms with Crippen molar-refractivity contribution in [2.24, 2.45) is 5.92 Å². The molecule has 8 heteroatoms. The molecular formula is C16H27N5O3. The van der Waals surface area contributed by atoms with Crippen molar-refractivity contribution < 1.29 is 10.0 Å². The number of amides is 1. The Morgan fingerprint density at radius 1 is 1.33 bits per heavy atom. The Labute approximate surface area is 141 Å². The summed E-state index contributed by atoms with van der Waals surface area (Å²) in [4.78, 5) is 28.9. The van der Waals surface area contributed by atoms with Crippen LogP contribution in [0.25, 0.3) is 0 Å². The van der Waals surface area contributed by atoms with E-state index in [1.165, 1.54) is 0 Å². The number of nitrogens with one attached hydrogen (secondary N) is 1. The Bertz CT molecular complexity index is 581. The van der Waals surface area contributed by atoms with Gasteiger partial charge in [0.2, 0.25) is 5.91 Å². The first-order valence-corrected chi connectivity index (χ1v) is 8.56. The van der Waals surface area contributed by atoms with E-state index in [1.54, 1.807) is 22.3 Å².